The van der Waals surface area contributed by atoms with E-state index < -0.39 is 5.60 Å². The van der Waals surface area contributed by atoms with Gasteiger partial charge in [0.15, 0.2) is 0 Å². The second-order valence-corrected chi connectivity index (χ2v) is 6.72. The number of hydrogen-bond donors (Lipinski definition) is 1. The van der Waals surface area contributed by atoms with E-state index in [0.717, 1.165) is 5.01 Å². The molecule has 0 radical (unpaired) electrons. The number of rotatable bonds is 4. The molecule has 2 atom stereocenters. The highest BCUT2D eigenvalue weighted by Gasteiger charge is 2.23. The van der Waals surface area contributed by atoms with Crippen molar-refractivity contribution in [2.24, 2.45) is 0 Å². The number of aromatic nitrogens is 1. The van der Waals surface area contributed by atoms with Crippen molar-refractivity contribution in [1.29, 1.82) is 0 Å². The summed E-state index contributed by atoms with van der Waals surface area (Å²) in [5.74, 6) is -0.234. The summed E-state index contributed by atoms with van der Waals surface area (Å²) in [5, 5.41) is 4.19. The van der Waals surface area contributed by atoms with Gasteiger partial charge in [-0.1, -0.05) is 0 Å². The number of carbonyl (C=O) groups is 1. The molecule has 1 heterocycles. The molecule has 0 saturated carbocycles. The molecule has 1 aromatic heterocycles. The molecule has 1 rings (SSSR count). The molecule has 0 aromatic carbocycles. The van der Waals surface area contributed by atoms with Crippen LogP contribution in [0.15, 0.2) is 6.20 Å². The van der Waals surface area contributed by atoms with Crippen molar-refractivity contribution in [3.05, 3.63) is 16.1 Å². The average molecular weight is 270 g/mol. The number of hydrogen-bond acceptors (Lipinski definition) is 5. The van der Waals surface area contributed by atoms with Gasteiger partial charge < -0.3 is 4.74 Å². The Morgan fingerprint density at radius 2 is 2.06 bits per heavy atom. The molecule has 1 N–H and O–H groups in total. The quantitative estimate of drug-likeness (QED) is 0.855. The summed E-state index contributed by atoms with van der Waals surface area (Å²) in [4.78, 5) is 17.3. The smallest absolute Gasteiger partial charge is 0.323 e. The summed E-state index contributed by atoms with van der Waals surface area (Å²) in [6.07, 6.45) is 1.84. The van der Waals surface area contributed by atoms with Crippen LogP contribution in [0.1, 0.15) is 50.5 Å². The molecule has 0 aliphatic carbocycles. The molecule has 0 amide bonds. The van der Waals surface area contributed by atoms with Gasteiger partial charge in [0.1, 0.15) is 16.7 Å². The molecular weight excluding hydrogens is 248 g/mol. The van der Waals surface area contributed by atoms with E-state index in [1.807, 2.05) is 47.7 Å². The Balaban J connectivity index is 2.54. The first-order valence-corrected chi connectivity index (χ1v) is 6.92. The number of esters is 1. The Kier molecular flexibility index (Phi) is 4.87. The summed E-state index contributed by atoms with van der Waals surface area (Å²) in [6.45, 7) is 11.4. The Labute approximate surface area is 113 Å². The van der Waals surface area contributed by atoms with Gasteiger partial charge in [-0.3, -0.25) is 10.1 Å². The van der Waals surface area contributed by atoms with Crippen LogP contribution in [0.5, 0.6) is 0 Å². The van der Waals surface area contributed by atoms with Crippen molar-refractivity contribution in [2.45, 2.75) is 59.2 Å². The van der Waals surface area contributed by atoms with E-state index in [9.17, 15) is 4.79 Å². The summed E-state index contributed by atoms with van der Waals surface area (Å²) >= 11 is 1.64. The van der Waals surface area contributed by atoms with Gasteiger partial charge in [-0.25, -0.2) is 4.98 Å². The molecule has 5 heteroatoms. The second-order valence-electron chi connectivity index (χ2n) is 5.45. The number of aryl methyl sites for hydroxylation is 1. The van der Waals surface area contributed by atoms with Crippen LogP contribution in [0.25, 0.3) is 0 Å². The normalized spacial score (nSPS) is 15.2. The monoisotopic (exact) mass is 270 g/mol. The minimum Gasteiger partial charge on any atom is -0.459 e. The molecule has 0 saturated heterocycles. The van der Waals surface area contributed by atoms with Gasteiger partial charge in [-0.2, -0.15) is 0 Å². The molecule has 0 fully saturated rings. The van der Waals surface area contributed by atoms with Crippen LogP contribution in [0.4, 0.5) is 0 Å². The largest absolute Gasteiger partial charge is 0.459 e. The number of nitrogens with zero attached hydrogens (tertiary/aromatic N) is 1. The second kappa shape index (κ2) is 5.80. The van der Waals surface area contributed by atoms with E-state index in [4.69, 9.17) is 4.74 Å². The van der Waals surface area contributed by atoms with Crippen molar-refractivity contribution >= 4 is 17.3 Å². The van der Waals surface area contributed by atoms with E-state index in [-0.39, 0.29) is 18.1 Å². The lowest BCUT2D eigenvalue weighted by Crippen LogP contribution is -2.40. The van der Waals surface area contributed by atoms with Gasteiger partial charge >= 0.3 is 5.97 Å². The van der Waals surface area contributed by atoms with Gasteiger partial charge in [-0.15, -0.1) is 11.3 Å². The number of thiazole rings is 1. The van der Waals surface area contributed by atoms with Crippen LogP contribution in [0.2, 0.25) is 0 Å². The van der Waals surface area contributed by atoms with E-state index in [2.05, 4.69) is 10.3 Å². The van der Waals surface area contributed by atoms with Crippen molar-refractivity contribution in [3.63, 3.8) is 0 Å². The number of carbonyl (C=O) groups excluding carboxylic acids is 1. The van der Waals surface area contributed by atoms with Crippen molar-refractivity contribution in [2.75, 3.05) is 0 Å². The van der Waals surface area contributed by atoms with Gasteiger partial charge in [0.2, 0.25) is 0 Å². The van der Waals surface area contributed by atoms with Crippen molar-refractivity contribution in [3.8, 4) is 0 Å². The molecule has 102 valence electrons. The predicted molar refractivity (Wildman–Crippen MR) is 73.7 cm³/mol. The predicted octanol–water partition coefficient (Wildman–Crippen LogP) is 2.83. The SMILES string of the molecule is Cc1cnc(C(C)NC(C)C(=O)OC(C)(C)C)s1. The average Bonchev–Trinajstić information content (AvgIpc) is 2.62. The molecule has 0 aliphatic heterocycles. The first kappa shape index (κ1) is 15.1. The van der Waals surface area contributed by atoms with Crippen LogP contribution in [0, 0.1) is 6.92 Å². The van der Waals surface area contributed by atoms with Gasteiger partial charge in [0.25, 0.3) is 0 Å². The molecule has 1 aromatic rings. The fourth-order valence-electron chi connectivity index (χ4n) is 1.48. The van der Waals surface area contributed by atoms with Crippen molar-refractivity contribution < 1.29 is 9.53 Å². The molecule has 18 heavy (non-hydrogen) atoms. The van der Waals surface area contributed by atoms with Crippen LogP contribution in [0.3, 0.4) is 0 Å². The summed E-state index contributed by atoms with van der Waals surface area (Å²) in [5.41, 5.74) is -0.450. The molecule has 0 spiro atoms. The van der Waals surface area contributed by atoms with Crippen LogP contribution >= 0.6 is 11.3 Å². The lowest BCUT2D eigenvalue weighted by molar-refractivity contribution is -0.157. The standard InChI is InChI=1S/C13H22N2O2S/c1-8-7-14-11(18-8)9(2)15-10(3)12(16)17-13(4,5)6/h7,9-10,15H,1-6H3. The highest BCUT2D eigenvalue weighted by molar-refractivity contribution is 7.11. The first-order valence-electron chi connectivity index (χ1n) is 6.10. The highest BCUT2D eigenvalue weighted by Crippen LogP contribution is 2.19. The molecule has 4 nitrogen and oxygen atoms in total. The summed E-state index contributed by atoms with van der Waals surface area (Å²) < 4.78 is 5.32. The lowest BCUT2D eigenvalue weighted by atomic mass is 10.2. The third kappa shape index (κ3) is 4.74. The van der Waals surface area contributed by atoms with E-state index >= 15 is 0 Å². The van der Waals surface area contributed by atoms with E-state index in [0.29, 0.717) is 0 Å². The maximum Gasteiger partial charge on any atom is 0.323 e. The zero-order valence-electron chi connectivity index (χ0n) is 11.9. The van der Waals surface area contributed by atoms with Crippen LogP contribution in [-0.4, -0.2) is 22.6 Å². The summed E-state index contributed by atoms with van der Waals surface area (Å²) in [6, 6.07) is -0.297. The summed E-state index contributed by atoms with van der Waals surface area (Å²) in [7, 11) is 0. The minimum absolute atomic E-state index is 0.0474. The molecular formula is C13H22N2O2S. The Bertz CT molecular complexity index is 409. The first-order chi connectivity index (χ1) is 8.19. The maximum absolute atomic E-state index is 11.8. The number of ether oxygens (including phenoxy) is 1. The Morgan fingerprint density at radius 3 is 2.50 bits per heavy atom. The third-order valence-electron chi connectivity index (χ3n) is 2.27. The molecule has 0 bridgehead atoms. The van der Waals surface area contributed by atoms with Crippen LogP contribution in [-0.2, 0) is 9.53 Å². The minimum atomic E-state index is -0.450. The fraction of sp³-hybridized carbons (Fsp3) is 0.692. The maximum atomic E-state index is 11.8. The topological polar surface area (TPSA) is 51.2 Å². The van der Waals surface area contributed by atoms with Crippen molar-refractivity contribution in [1.82, 2.24) is 10.3 Å². The zero-order chi connectivity index (χ0) is 13.9. The Morgan fingerprint density at radius 1 is 1.44 bits per heavy atom. The zero-order valence-corrected chi connectivity index (χ0v) is 12.7. The van der Waals surface area contributed by atoms with E-state index in [1.54, 1.807) is 11.3 Å². The lowest BCUT2D eigenvalue weighted by Gasteiger charge is -2.24. The fourth-order valence-corrected chi connectivity index (χ4v) is 2.26. The van der Waals surface area contributed by atoms with Gasteiger partial charge in [0.05, 0.1) is 6.04 Å². The Hall–Kier alpha value is -0.940. The van der Waals surface area contributed by atoms with E-state index in [1.165, 1.54) is 4.88 Å². The van der Waals surface area contributed by atoms with Gasteiger partial charge in [0, 0.05) is 11.1 Å². The van der Waals surface area contributed by atoms with Gasteiger partial charge in [-0.05, 0) is 41.5 Å². The third-order valence-corrected chi connectivity index (χ3v) is 3.37. The molecule has 0 aliphatic rings. The highest BCUT2D eigenvalue weighted by atomic mass is 32.1. The van der Waals surface area contributed by atoms with Crippen LogP contribution < -0.4 is 5.32 Å². The number of nitrogens with one attached hydrogen (secondary N) is 1. The molecule has 2 unspecified atom stereocenters.